The molecule has 0 atom stereocenters. The molecule has 82 valence electrons. The van der Waals surface area contributed by atoms with E-state index in [0.29, 0.717) is 12.1 Å². The molecule has 0 spiro atoms. The molecule has 0 bridgehead atoms. The van der Waals surface area contributed by atoms with Gasteiger partial charge in [0.05, 0.1) is 5.75 Å². The molecule has 1 rings (SSSR count). The summed E-state index contributed by atoms with van der Waals surface area (Å²) in [5, 5.41) is 0. The van der Waals surface area contributed by atoms with Gasteiger partial charge in [0.2, 0.25) is 6.41 Å². The molecule has 0 aliphatic carbocycles. The summed E-state index contributed by atoms with van der Waals surface area (Å²) in [6.07, 6.45) is 1.79. The van der Waals surface area contributed by atoms with Crippen molar-refractivity contribution in [3.63, 3.8) is 0 Å². The van der Waals surface area contributed by atoms with Crippen LogP contribution in [0.15, 0.2) is 30.3 Å². The van der Waals surface area contributed by atoms with Gasteiger partial charge in [0.1, 0.15) is 9.84 Å². The summed E-state index contributed by atoms with van der Waals surface area (Å²) >= 11 is 0. The lowest BCUT2D eigenvalue weighted by Crippen LogP contribution is -2.27. The van der Waals surface area contributed by atoms with Gasteiger partial charge >= 0.3 is 0 Å². The highest BCUT2D eigenvalue weighted by atomic mass is 32.2. The lowest BCUT2D eigenvalue weighted by molar-refractivity contribution is -0.107. The summed E-state index contributed by atoms with van der Waals surface area (Å²) in [5.74, 6) is -0.0271. The van der Waals surface area contributed by atoms with Crippen LogP contribution in [-0.4, -0.2) is 33.4 Å². The summed E-state index contributed by atoms with van der Waals surface area (Å²) in [6.45, 7) is 0.187. The van der Waals surface area contributed by atoms with E-state index in [1.54, 1.807) is 24.3 Å². The number of carbonyl (C=O) groups excluding carboxylic acids is 1. The Morgan fingerprint density at radius 1 is 1.27 bits per heavy atom. The molecule has 0 saturated heterocycles. The maximum absolute atomic E-state index is 10.9. The normalized spacial score (nSPS) is 11.0. The highest BCUT2D eigenvalue weighted by Gasteiger charge is 2.08. The monoisotopic (exact) mass is 227 g/mol. The van der Waals surface area contributed by atoms with Gasteiger partial charge in [-0.2, -0.15) is 0 Å². The number of anilines is 1. The molecule has 0 saturated carbocycles. The summed E-state index contributed by atoms with van der Waals surface area (Å²) < 4.78 is 21.9. The van der Waals surface area contributed by atoms with Crippen LogP contribution >= 0.6 is 0 Å². The van der Waals surface area contributed by atoms with Gasteiger partial charge in [-0.05, 0) is 12.1 Å². The molecule has 1 amide bonds. The quantitative estimate of drug-likeness (QED) is 0.696. The largest absolute Gasteiger partial charge is 0.314 e. The van der Waals surface area contributed by atoms with Gasteiger partial charge in [-0.25, -0.2) is 8.42 Å². The minimum Gasteiger partial charge on any atom is -0.314 e. The Hall–Kier alpha value is -1.36. The van der Waals surface area contributed by atoms with E-state index in [4.69, 9.17) is 0 Å². The fraction of sp³-hybridized carbons (Fsp3) is 0.300. The zero-order chi connectivity index (χ0) is 11.3. The van der Waals surface area contributed by atoms with Gasteiger partial charge in [0.15, 0.2) is 0 Å². The van der Waals surface area contributed by atoms with Crippen LogP contribution in [0.4, 0.5) is 5.69 Å². The molecule has 0 unspecified atom stereocenters. The average molecular weight is 227 g/mol. The Labute approximate surface area is 89.4 Å². The molecule has 0 heterocycles. The topological polar surface area (TPSA) is 54.5 Å². The Morgan fingerprint density at radius 2 is 1.87 bits per heavy atom. The predicted molar refractivity (Wildman–Crippen MR) is 59.6 cm³/mol. The first-order valence-electron chi connectivity index (χ1n) is 4.47. The Kier molecular flexibility index (Phi) is 3.85. The van der Waals surface area contributed by atoms with Gasteiger partial charge in [-0.1, -0.05) is 18.2 Å². The van der Waals surface area contributed by atoms with Crippen molar-refractivity contribution >= 4 is 21.9 Å². The van der Waals surface area contributed by atoms with Crippen molar-refractivity contribution in [1.82, 2.24) is 0 Å². The number of sulfone groups is 1. The lowest BCUT2D eigenvalue weighted by Gasteiger charge is -2.16. The molecule has 0 aliphatic heterocycles. The molecule has 0 radical (unpaired) electrons. The van der Waals surface area contributed by atoms with E-state index in [-0.39, 0.29) is 12.3 Å². The fourth-order valence-corrected chi connectivity index (χ4v) is 1.65. The summed E-state index contributed by atoms with van der Waals surface area (Å²) in [5.41, 5.74) is 0.705. The van der Waals surface area contributed by atoms with E-state index >= 15 is 0 Å². The zero-order valence-electron chi connectivity index (χ0n) is 8.46. The van der Waals surface area contributed by atoms with Crippen molar-refractivity contribution in [2.75, 3.05) is 23.5 Å². The summed E-state index contributed by atoms with van der Waals surface area (Å²) in [7, 11) is -3.04. The molecule has 0 aliphatic rings. The Morgan fingerprint density at radius 3 is 2.33 bits per heavy atom. The highest BCUT2D eigenvalue weighted by molar-refractivity contribution is 7.90. The third-order valence-corrected chi connectivity index (χ3v) is 2.84. The van der Waals surface area contributed by atoms with E-state index in [1.165, 1.54) is 4.90 Å². The van der Waals surface area contributed by atoms with Gasteiger partial charge in [0.25, 0.3) is 0 Å². The molecular weight excluding hydrogens is 214 g/mol. The Bertz CT molecular complexity index is 414. The van der Waals surface area contributed by atoms with Crippen LogP contribution in [0.25, 0.3) is 0 Å². The number of para-hydroxylation sites is 1. The molecule has 15 heavy (non-hydrogen) atoms. The second kappa shape index (κ2) is 4.93. The second-order valence-corrected chi connectivity index (χ2v) is 5.52. The van der Waals surface area contributed by atoms with Crippen molar-refractivity contribution in [3.05, 3.63) is 30.3 Å². The first-order valence-corrected chi connectivity index (χ1v) is 6.54. The van der Waals surface area contributed by atoms with Gasteiger partial charge in [0, 0.05) is 18.5 Å². The van der Waals surface area contributed by atoms with E-state index < -0.39 is 9.84 Å². The van der Waals surface area contributed by atoms with E-state index in [2.05, 4.69) is 0 Å². The van der Waals surface area contributed by atoms with Crippen molar-refractivity contribution in [1.29, 1.82) is 0 Å². The third-order valence-electron chi connectivity index (χ3n) is 1.92. The van der Waals surface area contributed by atoms with Crippen LogP contribution in [0.1, 0.15) is 0 Å². The Balaban J connectivity index is 2.70. The van der Waals surface area contributed by atoms with Crippen molar-refractivity contribution < 1.29 is 13.2 Å². The van der Waals surface area contributed by atoms with Crippen molar-refractivity contribution in [2.24, 2.45) is 0 Å². The number of hydrogen-bond donors (Lipinski definition) is 0. The second-order valence-electron chi connectivity index (χ2n) is 3.26. The number of carbonyl (C=O) groups is 1. The molecule has 4 nitrogen and oxygen atoms in total. The molecule has 1 aromatic carbocycles. The van der Waals surface area contributed by atoms with E-state index in [0.717, 1.165) is 6.26 Å². The van der Waals surface area contributed by atoms with Gasteiger partial charge in [-0.15, -0.1) is 0 Å². The predicted octanol–water partition coefficient (Wildman–Crippen LogP) is 0.694. The standard InChI is InChI=1S/C10H13NO3S/c1-15(13,14)8-7-11(9-12)10-5-3-2-4-6-10/h2-6,9H,7-8H2,1H3. The minimum atomic E-state index is -3.04. The van der Waals surface area contributed by atoms with Gasteiger partial charge < -0.3 is 4.90 Å². The average Bonchev–Trinajstić information content (AvgIpc) is 2.19. The van der Waals surface area contributed by atoms with Crippen molar-refractivity contribution in [2.45, 2.75) is 0 Å². The highest BCUT2D eigenvalue weighted by Crippen LogP contribution is 2.10. The first-order chi connectivity index (χ1) is 7.03. The molecule has 0 N–H and O–H groups in total. The number of amides is 1. The van der Waals surface area contributed by atoms with Crippen LogP contribution in [0.5, 0.6) is 0 Å². The van der Waals surface area contributed by atoms with Crippen molar-refractivity contribution in [3.8, 4) is 0 Å². The van der Waals surface area contributed by atoms with Crippen LogP contribution in [0.3, 0.4) is 0 Å². The summed E-state index contributed by atoms with van der Waals surface area (Å²) in [4.78, 5) is 12.1. The molecule has 5 heteroatoms. The van der Waals surface area contributed by atoms with Crippen LogP contribution < -0.4 is 4.90 Å². The van der Waals surface area contributed by atoms with E-state index in [9.17, 15) is 13.2 Å². The lowest BCUT2D eigenvalue weighted by atomic mass is 10.3. The minimum absolute atomic E-state index is 0.0271. The van der Waals surface area contributed by atoms with Gasteiger partial charge in [-0.3, -0.25) is 4.79 Å². The number of nitrogens with zero attached hydrogens (tertiary/aromatic N) is 1. The zero-order valence-corrected chi connectivity index (χ0v) is 9.28. The maximum atomic E-state index is 10.9. The van der Waals surface area contributed by atoms with Crippen LogP contribution in [-0.2, 0) is 14.6 Å². The smallest absolute Gasteiger partial charge is 0.214 e. The SMILES string of the molecule is CS(=O)(=O)CCN(C=O)c1ccccc1. The maximum Gasteiger partial charge on any atom is 0.214 e. The van der Waals surface area contributed by atoms with E-state index in [1.807, 2.05) is 6.07 Å². The first kappa shape index (κ1) is 11.7. The third kappa shape index (κ3) is 4.12. The number of benzene rings is 1. The van der Waals surface area contributed by atoms with Crippen LogP contribution in [0.2, 0.25) is 0 Å². The molecule has 1 aromatic rings. The van der Waals surface area contributed by atoms with Crippen LogP contribution in [0, 0.1) is 0 Å². The fourth-order valence-electron chi connectivity index (χ4n) is 1.13. The number of hydrogen-bond acceptors (Lipinski definition) is 3. The number of rotatable bonds is 5. The molecule has 0 fully saturated rings. The molecule has 0 aromatic heterocycles. The summed E-state index contributed by atoms with van der Waals surface area (Å²) in [6, 6.07) is 8.95. The molecular formula is C10H13NO3S.